The van der Waals surface area contributed by atoms with Crippen LogP contribution in [0.5, 0.6) is 0 Å². The van der Waals surface area contributed by atoms with Crippen molar-refractivity contribution in [1.82, 2.24) is 28.8 Å². The number of hydrogen-bond donors (Lipinski definition) is 1. The van der Waals surface area contributed by atoms with Crippen molar-refractivity contribution in [3.05, 3.63) is 36.3 Å². The maximum absolute atomic E-state index is 13.2. The number of aromatic nitrogens is 4. The van der Waals surface area contributed by atoms with Crippen LogP contribution < -0.4 is 5.73 Å². The molecule has 0 spiro atoms. The number of likely N-dealkylation sites (N-methyl/N-ethyl adjacent to an activating group) is 1. The van der Waals surface area contributed by atoms with Crippen LogP contribution in [0.1, 0.15) is 12.0 Å². The Labute approximate surface area is 163 Å². The van der Waals surface area contributed by atoms with E-state index in [1.165, 1.54) is 6.33 Å². The summed E-state index contributed by atoms with van der Waals surface area (Å²) in [5.41, 5.74) is 8.65. The zero-order valence-corrected chi connectivity index (χ0v) is 16.9. The summed E-state index contributed by atoms with van der Waals surface area (Å²) >= 11 is 0. The van der Waals surface area contributed by atoms with E-state index in [2.05, 4.69) is 20.0 Å². The van der Waals surface area contributed by atoms with Gasteiger partial charge in [-0.05, 0) is 45.1 Å². The Kier molecular flexibility index (Phi) is 4.56. The fourth-order valence-electron chi connectivity index (χ4n) is 3.56. The number of nitrogens with zero attached hydrogens (tertiary/aromatic N) is 6. The molecule has 0 bridgehead atoms. The van der Waals surface area contributed by atoms with Crippen molar-refractivity contribution in [1.29, 1.82) is 0 Å². The summed E-state index contributed by atoms with van der Waals surface area (Å²) < 4.78 is 29.5. The number of benzene rings is 1. The molecule has 1 unspecified atom stereocenters. The molecule has 9 nitrogen and oxygen atoms in total. The monoisotopic (exact) mass is 401 g/mol. The highest BCUT2D eigenvalue weighted by atomic mass is 32.2. The molecule has 0 saturated carbocycles. The van der Waals surface area contributed by atoms with Gasteiger partial charge in [0.15, 0.2) is 11.5 Å². The minimum Gasteiger partial charge on any atom is -0.381 e. The molecule has 1 saturated heterocycles. The van der Waals surface area contributed by atoms with E-state index < -0.39 is 10.0 Å². The minimum atomic E-state index is -3.58. The van der Waals surface area contributed by atoms with Crippen LogP contribution in [0.25, 0.3) is 16.9 Å². The normalized spacial score (nSPS) is 18.4. The molecule has 1 atom stereocenters. The lowest BCUT2D eigenvalue weighted by molar-refractivity contribution is 0.302. The number of anilines is 1. The second-order valence-electron chi connectivity index (χ2n) is 7.27. The van der Waals surface area contributed by atoms with E-state index in [1.807, 2.05) is 27.1 Å². The van der Waals surface area contributed by atoms with Crippen LogP contribution in [-0.2, 0) is 10.0 Å². The third kappa shape index (κ3) is 3.03. The number of fused-ring (bicyclic) bond motifs is 1. The second-order valence-corrected chi connectivity index (χ2v) is 9.21. The Morgan fingerprint density at radius 1 is 1.25 bits per heavy atom. The number of hydrogen-bond acceptors (Lipinski definition) is 7. The Balaban J connectivity index is 1.76. The summed E-state index contributed by atoms with van der Waals surface area (Å²) in [6.07, 6.45) is 3.82. The van der Waals surface area contributed by atoms with Crippen molar-refractivity contribution in [2.45, 2.75) is 24.3 Å². The third-order valence-electron chi connectivity index (χ3n) is 5.31. The van der Waals surface area contributed by atoms with E-state index in [0.29, 0.717) is 24.4 Å². The highest BCUT2D eigenvalue weighted by molar-refractivity contribution is 7.89. The van der Waals surface area contributed by atoms with Gasteiger partial charge in [0.25, 0.3) is 0 Å². The molecule has 3 aromatic rings. The standard InChI is InChI=1S/C18H23N7O2S/c1-12-4-5-14(28(26,27)24-7-6-13(10-24)23(2)3)8-15(12)16-9-20-18-17(19)21-11-22-25(16)18/h4-5,8-9,11,13H,6-7,10H2,1-3H3,(H2,19,21,22). The largest absolute Gasteiger partial charge is 0.381 e. The lowest BCUT2D eigenvalue weighted by atomic mass is 10.1. The molecule has 2 aromatic heterocycles. The van der Waals surface area contributed by atoms with Gasteiger partial charge in [-0.2, -0.15) is 9.40 Å². The minimum absolute atomic E-state index is 0.234. The molecule has 0 radical (unpaired) electrons. The van der Waals surface area contributed by atoms with Gasteiger partial charge in [0.2, 0.25) is 10.0 Å². The Bertz CT molecular complexity index is 1140. The first-order chi connectivity index (χ1) is 13.3. The molecule has 3 heterocycles. The van der Waals surface area contributed by atoms with E-state index >= 15 is 0 Å². The maximum atomic E-state index is 13.2. The molecule has 0 aliphatic carbocycles. The number of imidazole rings is 1. The number of sulfonamides is 1. The van der Waals surface area contributed by atoms with Crippen LogP contribution >= 0.6 is 0 Å². The number of nitrogen functional groups attached to an aromatic ring is 1. The SMILES string of the molecule is Cc1ccc(S(=O)(=O)N2CCC(N(C)C)C2)cc1-c1cnc2c(N)ncnn12. The van der Waals surface area contributed by atoms with Gasteiger partial charge in [-0.25, -0.2) is 22.9 Å². The zero-order chi connectivity index (χ0) is 20.1. The molecule has 2 N–H and O–H groups in total. The summed E-state index contributed by atoms with van der Waals surface area (Å²) in [4.78, 5) is 10.6. The van der Waals surface area contributed by atoms with Crippen LogP contribution in [-0.4, -0.2) is 70.4 Å². The topological polar surface area (TPSA) is 110 Å². The van der Waals surface area contributed by atoms with Crippen molar-refractivity contribution < 1.29 is 8.42 Å². The van der Waals surface area contributed by atoms with Gasteiger partial charge in [-0.1, -0.05) is 6.07 Å². The average molecular weight is 401 g/mol. The summed E-state index contributed by atoms with van der Waals surface area (Å²) in [5.74, 6) is 0.273. The smallest absolute Gasteiger partial charge is 0.243 e. The number of aryl methyl sites for hydroxylation is 1. The highest BCUT2D eigenvalue weighted by Gasteiger charge is 2.33. The van der Waals surface area contributed by atoms with E-state index in [-0.39, 0.29) is 16.8 Å². The zero-order valence-electron chi connectivity index (χ0n) is 16.1. The molecule has 10 heteroatoms. The van der Waals surface area contributed by atoms with Crippen molar-refractivity contribution in [3.8, 4) is 11.3 Å². The molecule has 4 rings (SSSR count). The van der Waals surface area contributed by atoms with Crippen molar-refractivity contribution >= 4 is 21.5 Å². The van der Waals surface area contributed by atoms with Gasteiger partial charge in [0, 0.05) is 24.7 Å². The molecule has 28 heavy (non-hydrogen) atoms. The van der Waals surface area contributed by atoms with E-state index in [9.17, 15) is 8.42 Å². The first kappa shape index (κ1) is 18.8. The van der Waals surface area contributed by atoms with E-state index in [1.54, 1.807) is 27.2 Å². The maximum Gasteiger partial charge on any atom is 0.243 e. The molecule has 1 fully saturated rings. The summed E-state index contributed by atoms with van der Waals surface area (Å²) in [6, 6.07) is 5.39. The average Bonchev–Trinajstić information content (AvgIpc) is 3.30. The Hall–Kier alpha value is -2.56. The van der Waals surface area contributed by atoms with Crippen LogP contribution in [0.4, 0.5) is 5.82 Å². The molecule has 1 aliphatic heterocycles. The van der Waals surface area contributed by atoms with E-state index in [4.69, 9.17) is 5.73 Å². The molecular weight excluding hydrogens is 378 g/mol. The van der Waals surface area contributed by atoms with Gasteiger partial charge in [-0.3, -0.25) is 0 Å². The van der Waals surface area contributed by atoms with Crippen LogP contribution in [0.2, 0.25) is 0 Å². The van der Waals surface area contributed by atoms with Crippen molar-refractivity contribution in [3.63, 3.8) is 0 Å². The summed E-state index contributed by atoms with van der Waals surface area (Å²) in [7, 11) is 0.373. The first-order valence-electron chi connectivity index (χ1n) is 9.01. The molecule has 0 amide bonds. The van der Waals surface area contributed by atoms with Crippen LogP contribution in [0.15, 0.2) is 35.6 Å². The predicted molar refractivity (Wildman–Crippen MR) is 106 cm³/mol. The van der Waals surface area contributed by atoms with Crippen LogP contribution in [0.3, 0.4) is 0 Å². The molecule has 148 valence electrons. The fraction of sp³-hybridized carbons (Fsp3) is 0.389. The molecular formula is C18H23N7O2S. The number of rotatable bonds is 4. The van der Waals surface area contributed by atoms with E-state index in [0.717, 1.165) is 17.5 Å². The Morgan fingerprint density at radius 3 is 2.75 bits per heavy atom. The van der Waals surface area contributed by atoms with Gasteiger partial charge in [0.1, 0.15) is 6.33 Å². The summed E-state index contributed by atoms with van der Waals surface area (Å²) in [6.45, 7) is 2.94. The summed E-state index contributed by atoms with van der Waals surface area (Å²) in [5, 5.41) is 4.22. The Morgan fingerprint density at radius 2 is 2.04 bits per heavy atom. The number of nitrogens with two attached hydrogens (primary N) is 1. The van der Waals surface area contributed by atoms with Crippen molar-refractivity contribution in [2.24, 2.45) is 0 Å². The predicted octanol–water partition coefficient (Wildman–Crippen LogP) is 1.01. The van der Waals surface area contributed by atoms with Gasteiger partial charge >= 0.3 is 0 Å². The highest BCUT2D eigenvalue weighted by Crippen LogP contribution is 2.30. The quantitative estimate of drug-likeness (QED) is 0.695. The van der Waals surface area contributed by atoms with Gasteiger partial charge in [-0.15, -0.1) is 0 Å². The van der Waals surface area contributed by atoms with Gasteiger partial charge < -0.3 is 10.6 Å². The molecule has 1 aromatic carbocycles. The fourth-order valence-corrected chi connectivity index (χ4v) is 5.07. The lowest BCUT2D eigenvalue weighted by Crippen LogP contribution is -2.34. The third-order valence-corrected chi connectivity index (χ3v) is 7.17. The van der Waals surface area contributed by atoms with Crippen LogP contribution in [0, 0.1) is 6.92 Å². The lowest BCUT2D eigenvalue weighted by Gasteiger charge is -2.20. The first-order valence-corrected chi connectivity index (χ1v) is 10.4. The van der Waals surface area contributed by atoms with Gasteiger partial charge in [0.05, 0.1) is 16.8 Å². The van der Waals surface area contributed by atoms with Crippen molar-refractivity contribution in [2.75, 3.05) is 32.9 Å². The molecule has 1 aliphatic rings. The second kappa shape index (κ2) is 6.80.